The quantitative estimate of drug-likeness (QED) is 0.574. The van der Waals surface area contributed by atoms with Gasteiger partial charge in [0.25, 0.3) is 0 Å². The number of halogens is 2. The summed E-state index contributed by atoms with van der Waals surface area (Å²) < 4.78 is 10.4. The average molecular weight is 378 g/mol. The molecule has 3 heteroatoms. The second-order valence-electron chi connectivity index (χ2n) is 4.23. The molecule has 94 valence electrons. The van der Waals surface area contributed by atoms with E-state index in [2.05, 4.69) is 31.9 Å². The fraction of sp³-hybridized carbons (Fsp3) is 0. The van der Waals surface area contributed by atoms with Crippen LogP contribution in [0.15, 0.2) is 69.6 Å². The zero-order chi connectivity index (χ0) is 14.1. The summed E-state index contributed by atoms with van der Waals surface area (Å²) in [6.45, 7) is 0. The van der Waals surface area contributed by atoms with Crippen LogP contribution >= 0.6 is 31.9 Å². The maximum absolute atomic E-state index is 8.30. The summed E-state index contributed by atoms with van der Waals surface area (Å²) in [7, 11) is 0. The maximum atomic E-state index is 8.30. The fourth-order valence-corrected chi connectivity index (χ4v) is 2.45. The molecule has 1 heterocycles. The van der Waals surface area contributed by atoms with Crippen molar-refractivity contribution in [3.05, 3.63) is 69.6 Å². The molecule has 19 heavy (non-hydrogen) atoms. The van der Waals surface area contributed by atoms with E-state index in [1.165, 1.54) is 4.98 Å². The minimum atomic E-state index is 0.885. The van der Waals surface area contributed by atoms with E-state index >= 15 is 0 Å². The normalized spacial score (nSPS) is 11.4. The predicted molar refractivity (Wildman–Crippen MR) is 87.1 cm³/mol. The highest BCUT2D eigenvalue weighted by molar-refractivity contribution is 9.10. The highest BCUT2D eigenvalue weighted by atomic mass is 79.9. The van der Waals surface area contributed by atoms with Gasteiger partial charge in [0.15, 0.2) is 1.41 Å². The van der Waals surface area contributed by atoms with Gasteiger partial charge in [-0.1, -0.05) is 56.1 Å². The number of nitrogens with one attached hydrogen (secondary N) is 1. The van der Waals surface area contributed by atoms with E-state index in [1.54, 1.807) is 0 Å². The number of hydrogen-bond acceptors (Lipinski definition) is 0. The monoisotopic (exact) mass is 376 g/mol. The standard InChI is InChI=1S/C16H11Br2N/c17-13-5-1-11(2-6-13)15-9-10-16(19-15)12-3-7-14(18)8-4-12/h1-10,19H/i/hD. The van der Waals surface area contributed by atoms with Crippen LogP contribution in [0.25, 0.3) is 22.5 Å². The van der Waals surface area contributed by atoms with Crippen LogP contribution < -0.4 is 0 Å². The number of aromatic amines is 1. The van der Waals surface area contributed by atoms with Gasteiger partial charge in [0.2, 0.25) is 0 Å². The SMILES string of the molecule is [2H]n1c(-c2ccc(Br)cc2)ccc1-c1ccc(Br)cc1. The molecular weight excluding hydrogens is 366 g/mol. The third kappa shape index (κ3) is 2.82. The predicted octanol–water partition coefficient (Wildman–Crippen LogP) is 5.87. The molecule has 0 atom stereocenters. The highest BCUT2D eigenvalue weighted by Crippen LogP contribution is 2.26. The first kappa shape index (κ1) is 11.5. The molecule has 0 fully saturated rings. The van der Waals surface area contributed by atoms with Crippen molar-refractivity contribution >= 4 is 31.9 Å². The minimum Gasteiger partial charge on any atom is -0.355 e. The summed E-state index contributed by atoms with van der Waals surface area (Å²) in [5.74, 6) is 0. The van der Waals surface area contributed by atoms with Crippen molar-refractivity contribution in [2.75, 3.05) is 0 Å². The second kappa shape index (κ2) is 5.35. The average Bonchev–Trinajstić information content (AvgIpc) is 2.83. The zero-order valence-electron chi connectivity index (χ0n) is 11.0. The van der Waals surface area contributed by atoms with Crippen molar-refractivity contribution in [2.45, 2.75) is 0 Å². The van der Waals surface area contributed by atoms with E-state index in [-0.39, 0.29) is 0 Å². The van der Waals surface area contributed by atoms with Crippen LogP contribution in [0.3, 0.4) is 0 Å². The van der Waals surface area contributed by atoms with Crippen LogP contribution in [0.5, 0.6) is 0 Å². The third-order valence-electron chi connectivity index (χ3n) is 2.92. The summed E-state index contributed by atoms with van der Waals surface area (Å²) in [5.41, 5.74) is 3.84. The van der Waals surface area contributed by atoms with Crippen molar-refractivity contribution < 1.29 is 1.41 Å². The lowest BCUT2D eigenvalue weighted by atomic mass is 10.2. The lowest BCUT2D eigenvalue weighted by molar-refractivity contribution is 1.39. The Bertz CT molecular complexity index is 667. The number of hydrogen-bond donors (Lipinski definition) is 1. The minimum absolute atomic E-state index is 0.885. The summed E-state index contributed by atoms with van der Waals surface area (Å²) in [6.07, 6.45) is 0. The Balaban J connectivity index is 2.04. The van der Waals surface area contributed by atoms with Crippen molar-refractivity contribution in [1.82, 2.24) is 4.98 Å². The molecular formula is C16H11Br2N. The lowest BCUT2D eigenvalue weighted by Crippen LogP contribution is -1.79. The van der Waals surface area contributed by atoms with Gasteiger partial charge < -0.3 is 4.98 Å². The van der Waals surface area contributed by atoms with Gasteiger partial charge in [-0.2, -0.15) is 0 Å². The molecule has 0 amide bonds. The molecule has 0 saturated heterocycles. The first-order valence-electron chi connectivity index (χ1n) is 6.33. The van der Waals surface area contributed by atoms with Crippen molar-refractivity contribution in [3.63, 3.8) is 0 Å². The molecule has 0 radical (unpaired) electrons. The molecule has 0 aliphatic rings. The van der Waals surface area contributed by atoms with Gasteiger partial charge in [0.05, 0.1) is 0 Å². The Kier molecular flexibility index (Phi) is 3.24. The number of benzene rings is 2. The summed E-state index contributed by atoms with van der Waals surface area (Å²) in [6, 6.07) is 19.9. The summed E-state index contributed by atoms with van der Waals surface area (Å²) in [4.78, 5) is 1.48. The van der Waals surface area contributed by atoms with E-state index < -0.39 is 0 Å². The topological polar surface area (TPSA) is 15.8 Å². The van der Waals surface area contributed by atoms with E-state index in [0.717, 1.165) is 31.5 Å². The molecule has 0 spiro atoms. The van der Waals surface area contributed by atoms with Crippen molar-refractivity contribution in [1.29, 1.82) is 0 Å². The smallest absolute Gasteiger partial charge is 0.167 e. The fourth-order valence-electron chi connectivity index (χ4n) is 1.93. The lowest BCUT2D eigenvalue weighted by Gasteiger charge is -2.00. The van der Waals surface area contributed by atoms with Gasteiger partial charge in [0, 0.05) is 20.3 Å². The Morgan fingerprint density at radius 3 is 1.37 bits per heavy atom. The van der Waals surface area contributed by atoms with E-state index in [0.29, 0.717) is 0 Å². The molecule has 1 N–H and O–H groups in total. The van der Waals surface area contributed by atoms with Gasteiger partial charge >= 0.3 is 0 Å². The first-order chi connectivity index (χ1) is 9.65. The van der Waals surface area contributed by atoms with Crippen LogP contribution in [-0.4, -0.2) is 4.98 Å². The molecule has 1 nitrogen and oxygen atoms in total. The van der Waals surface area contributed by atoms with Gasteiger partial charge in [-0.3, -0.25) is 0 Å². The van der Waals surface area contributed by atoms with Gasteiger partial charge in [-0.05, 0) is 47.5 Å². The Morgan fingerprint density at radius 2 is 1.00 bits per heavy atom. The zero-order valence-corrected chi connectivity index (χ0v) is 13.1. The molecule has 0 aliphatic carbocycles. The molecule has 1 aromatic heterocycles. The molecule has 3 rings (SSSR count). The first-order valence-corrected chi connectivity index (χ1v) is 7.46. The van der Waals surface area contributed by atoms with E-state index in [1.807, 2.05) is 60.7 Å². The van der Waals surface area contributed by atoms with Crippen molar-refractivity contribution in [2.24, 2.45) is 0 Å². The molecule has 3 aromatic rings. The Hall–Kier alpha value is -1.32. The Morgan fingerprint density at radius 1 is 0.632 bits per heavy atom. The van der Waals surface area contributed by atoms with E-state index in [9.17, 15) is 0 Å². The number of H-pyrrole nitrogens is 1. The number of aromatic nitrogens is 1. The van der Waals surface area contributed by atoms with Crippen molar-refractivity contribution in [3.8, 4) is 22.5 Å². The van der Waals surface area contributed by atoms with Gasteiger partial charge in [0.1, 0.15) is 0 Å². The molecule has 0 aliphatic heterocycles. The summed E-state index contributed by atoms with van der Waals surface area (Å²) >= 11 is 6.85. The molecule has 0 saturated carbocycles. The van der Waals surface area contributed by atoms with Crippen LogP contribution in [0.4, 0.5) is 0 Å². The van der Waals surface area contributed by atoms with Crippen LogP contribution in [0.2, 0.25) is 1.41 Å². The second-order valence-corrected chi connectivity index (χ2v) is 6.06. The maximum Gasteiger partial charge on any atom is 0.167 e. The van der Waals surface area contributed by atoms with E-state index in [4.69, 9.17) is 1.41 Å². The van der Waals surface area contributed by atoms with Crippen LogP contribution in [0.1, 0.15) is 0 Å². The summed E-state index contributed by atoms with van der Waals surface area (Å²) in [5, 5.41) is 0. The molecule has 0 bridgehead atoms. The van der Waals surface area contributed by atoms with Gasteiger partial charge in [-0.15, -0.1) is 0 Å². The molecule has 2 aromatic carbocycles. The van der Waals surface area contributed by atoms with Crippen LogP contribution in [0, 0.1) is 0 Å². The van der Waals surface area contributed by atoms with Gasteiger partial charge in [-0.25, -0.2) is 0 Å². The van der Waals surface area contributed by atoms with Crippen LogP contribution in [-0.2, 0) is 0 Å². The molecule has 0 unspecified atom stereocenters. The third-order valence-corrected chi connectivity index (χ3v) is 3.98. The largest absolute Gasteiger partial charge is 0.355 e. The highest BCUT2D eigenvalue weighted by Gasteiger charge is 2.03. The Labute approximate surface area is 130 Å². The number of rotatable bonds is 2.